The summed E-state index contributed by atoms with van der Waals surface area (Å²) >= 11 is 4.28. The minimum Gasteiger partial charge on any atom is -0.179 e. The second-order valence-corrected chi connectivity index (χ2v) is 4.71. The van der Waals surface area contributed by atoms with Crippen LogP contribution in [0.15, 0.2) is 24.3 Å². The van der Waals surface area contributed by atoms with E-state index >= 15 is 0 Å². The Bertz CT molecular complexity index is 263. The molecule has 1 atom stereocenters. The lowest BCUT2D eigenvalue weighted by Gasteiger charge is -2.10. The minimum atomic E-state index is 0.641. The largest absolute Gasteiger partial charge is 0.179 e. The van der Waals surface area contributed by atoms with Gasteiger partial charge < -0.3 is 0 Å². The molecular formula is C14H22S. The molecule has 0 N–H and O–H groups in total. The summed E-state index contributed by atoms with van der Waals surface area (Å²) in [6, 6.07) is 9.11. The highest BCUT2D eigenvalue weighted by atomic mass is 32.1. The van der Waals surface area contributed by atoms with Crippen molar-refractivity contribution >= 4 is 12.6 Å². The predicted octanol–water partition coefficient (Wildman–Crippen LogP) is 4.45. The fourth-order valence-electron chi connectivity index (χ4n) is 1.75. The normalized spacial score (nSPS) is 12.7. The van der Waals surface area contributed by atoms with Crippen molar-refractivity contribution in [2.24, 2.45) is 0 Å². The summed E-state index contributed by atoms with van der Waals surface area (Å²) in [6.45, 7) is 4.51. The number of hydrogen-bond acceptors (Lipinski definition) is 1. The van der Waals surface area contributed by atoms with Gasteiger partial charge in [0.2, 0.25) is 0 Å². The molecule has 0 heterocycles. The van der Waals surface area contributed by atoms with Crippen molar-refractivity contribution < 1.29 is 0 Å². The highest BCUT2D eigenvalue weighted by Crippen LogP contribution is 2.20. The predicted molar refractivity (Wildman–Crippen MR) is 71.9 cm³/mol. The zero-order valence-corrected chi connectivity index (χ0v) is 10.8. The molecule has 0 amide bonds. The Balaban J connectivity index is 2.55. The van der Waals surface area contributed by atoms with Gasteiger partial charge in [0.15, 0.2) is 0 Å². The van der Waals surface area contributed by atoms with Crippen LogP contribution in [0.4, 0.5) is 0 Å². The van der Waals surface area contributed by atoms with Crippen molar-refractivity contribution in [2.75, 3.05) is 5.75 Å². The highest BCUT2D eigenvalue weighted by molar-refractivity contribution is 7.80. The van der Waals surface area contributed by atoms with E-state index in [9.17, 15) is 0 Å². The van der Waals surface area contributed by atoms with Crippen LogP contribution in [-0.2, 0) is 6.42 Å². The molecule has 0 aliphatic carbocycles. The van der Waals surface area contributed by atoms with Gasteiger partial charge in [-0.05, 0) is 42.1 Å². The van der Waals surface area contributed by atoms with Crippen LogP contribution in [0.25, 0.3) is 0 Å². The molecule has 1 unspecified atom stereocenters. The lowest BCUT2D eigenvalue weighted by molar-refractivity contribution is 0.740. The molecule has 0 aromatic heterocycles. The van der Waals surface area contributed by atoms with Crippen molar-refractivity contribution in [2.45, 2.75) is 45.4 Å². The molecular weight excluding hydrogens is 200 g/mol. The Morgan fingerprint density at radius 2 is 1.87 bits per heavy atom. The van der Waals surface area contributed by atoms with Gasteiger partial charge in [-0.15, -0.1) is 0 Å². The molecule has 0 aliphatic heterocycles. The first kappa shape index (κ1) is 12.6. The Morgan fingerprint density at radius 3 is 2.40 bits per heavy atom. The molecule has 0 fully saturated rings. The van der Waals surface area contributed by atoms with Gasteiger partial charge in [0.05, 0.1) is 0 Å². The summed E-state index contributed by atoms with van der Waals surface area (Å²) in [6.07, 6.45) is 4.96. The summed E-state index contributed by atoms with van der Waals surface area (Å²) < 4.78 is 0. The Labute approximate surface area is 99.5 Å². The number of rotatable bonds is 6. The molecule has 1 aromatic rings. The molecule has 84 valence electrons. The SMILES string of the molecule is CCCCc1ccc(C(C)CCS)cc1. The molecule has 0 aliphatic rings. The molecule has 1 rings (SSSR count). The topological polar surface area (TPSA) is 0 Å². The second kappa shape index (κ2) is 6.95. The summed E-state index contributed by atoms with van der Waals surface area (Å²) in [5.74, 6) is 1.61. The molecule has 1 heteroatoms. The molecule has 1 aromatic carbocycles. The van der Waals surface area contributed by atoms with E-state index in [1.54, 1.807) is 0 Å². The maximum absolute atomic E-state index is 4.28. The third-order valence-corrected chi connectivity index (χ3v) is 3.19. The number of hydrogen-bond donors (Lipinski definition) is 1. The van der Waals surface area contributed by atoms with E-state index in [4.69, 9.17) is 0 Å². The molecule has 0 spiro atoms. The van der Waals surface area contributed by atoms with Crippen molar-refractivity contribution in [1.29, 1.82) is 0 Å². The van der Waals surface area contributed by atoms with Gasteiger partial charge in [-0.2, -0.15) is 12.6 Å². The van der Waals surface area contributed by atoms with Crippen molar-refractivity contribution in [1.82, 2.24) is 0 Å². The van der Waals surface area contributed by atoms with Crippen LogP contribution in [0.1, 0.15) is 50.2 Å². The van der Waals surface area contributed by atoms with E-state index in [0.29, 0.717) is 5.92 Å². The van der Waals surface area contributed by atoms with E-state index < -0.39 is 0 Å². The Kier molecular flexibility index (Phi) is 5.85. The average Bonchev–Trinajstić information content (AvgIpc) is 2.27. The zero-order valence-electron chi connectivity index (χ0n) is 9.87. The molecule has 15 heavy (non-hydrogen) atoms. The second-order valence-electron chi connectivity index (χ2n) is 4.26. The molecule has 0 radical (unpaired) electrons. The van der Waals surface area contributed by atoms with Gasteiger partial charge >= 0.3 is 0 Å². The number of thiol groups is 1. The number of benzene rings is 1. The molecule has 0 nitrogen and oxygen atoms in total. The fraction of sp³-hybridized carbons (Fsp3) is 0.571. The quantitative estimate of drug-likeness (QED) is 0.675. The fourth-order valence-corrected chi connectivity index (χ4v) is 2.14. The lowest BCUT2D eigenvalue weighted by Crippen LogP contribution is -1.95. The molecule has 0 saturated heterocycles. The number of unbranched alkanes of at least 4 members (excludes halogenated alkanes) is 1. The average molecular weight is 222 g/mol. The summed E-state index contributed by atoms with van der Waals surface area (Å²) in [4.78, 5) is 0. The van der Waals surface area contributed by atoms with Crippen LogP contribution >= 0.6 is 12.6 Å². The van der Waals surface area contributed by atoms with E-state index in [1.165, 1.54) is 30.4 Å². The standard InChI is InChI=1S/C14H22S/c1-3-4-5-13-6-8-14(9-7-13)12(2)10-11-15/h6-9,12,15H,3-5,10-11H2,1-2H3. The Hall–Kier alpha value is -0.430. The molecule has 0 saturated carbocycles. The Morgan fingerprint density at radius 1 is 1.20 bits per heavy atom. The van der Waals surface area contributed by atoms with Gasteiger partial charge in [-0.1, -0.05) is 44.5 Å². The van der Waals surface area contributed by atoms with E-state index in [1.807, 2.05) is 0 Å². The first-order valence-electron chi connectivity index (χ1n) is 5.97. The highest BCUT2D eigenvalue weighted by Gasteiger charge is 2.03. The van der Waals surface area contributed by atoms with E-state index in [-0.39, 0.29) is 0 Å². The van der Waals surface area contributed by atoms with Crippen LogP contribution in [0.3, 0.4) is 0 Å². The summed E-state index contributed by atoms with van der Waals surface area (Å²) in [5.41, 5.74) is 2.92. The van der Waals surface area contributed by atoms with Gasteiger partial charge in [-0.3, -0.25) is 0 Å². The van der Waals surface area contributed by atoms with Crippen molar-refractivity contribution in [3.05, 3.63) is 35.4 Å². The third-order valence-electron chi connectivity index (χ3n) is 2.93. The smallest absolute Gasteiger partial charge is 0.00922 e. The zero-order chi connectivity index (χ0) is 11.1. The monoisotopic (exact) mass is 222 g/mol. The lowest BCUT2D eigenvalue weighted by atomic mass is 9.96. The van der Waals surface area contributed by atoms with Gasteiger partial charge in [0, 0.05) is 0 Å². The van der Waals surface area contributed by atoms with Crippen LogP contribution in [0.5, 0.6) is 0 Å². The minimum absolute atomic E-state index is 0.641. The first-order chi connectivity index (χ1) is 7.27. The maximum Gasteiger partial charge on any atom is -0.00922 e. The van der Waals surface area contributed by atoms with Gasteiger partial charge in [0.1, 0.15) is 0 Å². The maximum atomic E-state index is 4.28. The van der Waals surface area contributed by atoms with Crippen molar-refractivity contribution in [3.8, 4) is 0 Å². The van der Waals surface area contributed by atoms with Gasteiger partial charge in [0.25, 0.3) is 0 Å². The van der Waals surface area contributed by atoms with E-state index in [2.05, 4.69) is 50.7 Å². The molecule has 0 bridgehead atoms. The van der Waals surface area contributed by atoms with Crippen LogP contribution in [0, 0.1) is 0 Å². The van der Waals surface area contributed by atoms with E-state index in [0.717, 1.165) is 12.2 Å². The van der Waals surface area contributed by atoms with Crippen LogP contribution in [-0.4, -0.2) is 5.75 Å². The van der Waals surface area contributed by atoms with Crippen LogP contribution < -0.4 is 0 Å². The van der Waals surface area contributed by atoms with Gasteiger partial charge in [-0.25, -0.2) is 0 Å². The number of aryl methyl sites for hydroxylation is 1. The first-order valence-corrected chi connectivity index (χ1v) is 6.60. The third kappa shape index (κ3) is 4.29. The summed E-state index contributed by atoms with van der Waals surface area (Å²) in [7, 11) is 0. The van der Waals surface area contributed by atoms with Crippen molar-refractivity contribution in [3.63, 3.8) is 0 Å². The summed E-state index contributed by atoms with van der Waals surface area (Å²) in [5, 5.41) is 0. The van der Waals surface area contributed by atoms with Crippen LogP contribution in [0.2, 0.25) is 0 Å².